The molecule has 0 spiro atoms. The summed E-state index contributed by atoms with van der Waals surface area (Å²) >= 11 is 12.1. The van der Waals surface area contributed by atoms with Crippen LogP contribution in [0.3, 0.4) is 0 Å². The van der Waals surface area contributed by atoms with Crippen LogP contribution in [0.2, 0.25) is 5.02 Å². The molecule has 5 heteroatoms. The molecule has 2 aromatic rings. The quantitative estimate of drug-likeness (QED) is 0.781. The Morgan fingerprint density at radius 3 is 2.88 bits per heavy atom. The minimum absolute atomic E-state index is 0.125. The molecule has 0 saturated carbocycles. The van der Waals surface area contributed by atoms with Crippen LogP contribution in [0.15, 0.2) is 12.3 Å². The second kappa shape index (κ2) is 5.23. The minimum Gasteiger partial charge on any atom is -0.311 e. The summed E-state index contributed by atoms with van der Waals surface area (Å²) in [5.74, 6) is 0.866. The summed E-state index contributed by atoms with van der Waals surface area (Å²) in [6.07, 6.45) is 3.87. The van der Waals surface area contributed by atoms with Gasteiger partial charge in [0.1, 0.15) is 11.3 Å². The summed E-state index contributed by atoms with van der Waals surface area (Å²) in [5.41, 5.74) is 1.68. The van der Waals surface area contributed by atoms with Crippen molar-refractivity contribution >= 4 is 34.4 Å². The molecule has 2 rings (SSSR count). The summed E-state index contributed by atoms with van der Waals surface area (Å²) in [7, 11) is 0. The third-order valence-electron chi connectivity index (χ3n) is 2.67. The van der Waals surface area contributed by atoms with E-state index in [1.807, 2.05) is 13.0 Å². The Labute approximate surface area is 111 Å². The Bertz CT molecular complexity index is 520. The third kappa shape index (κ3) is 2.55. The molecule has 0 amide bonds. The molecule has 0 N–H and O–H groups in total. The Kier molecular flexibility index (Phi) is 3.89. The van der Waals surface area contributed by atoms with E-state index in [9.17, 15) is 0 Å². The number of halogens is 2. The number of hydrogen-bond donors (Lipinski definition) is 0. The topological polar surface area (TPSA) is 30.7 Å². The van der Waals surface area contributed by atoms with Crippen LogP contribution in [-0.2, 0) is 6.54 Å². The molecular weight excluding hydrogens is 257 g/mol. The Morgan fingerprint density at radius 2 is 2.24 bits per heavy atom. The van der Waals surface area contributed by atoms with Gasteiger partial charge in [-0.3, -0.25) is 0 Å². The van der Waals surface area contributed by atoms with Gasteiger partial charge in [0.2, 0.25) is 0 Å². The van der Waals surface area contributed by atoms with E-state index in [2.05, 4.69) is 21.5 Å². The predicted molar refractivity (Wildman–Crippen MR) is 71.7 cm³/mol. The summed E-state index contributed by atoms with van der Waals surface area (Å²) in [4.78, 5) is 8.86. The van der Waals surface area contributed by atoms with Gasteiger partial charge in [-0.15, -0.1) is 11.6 Å². The number of aryl methyl sites for hydroxylation is 1. The van der Waals surface area contributed by atoms with Gasteiger partial charge in [0.05, 0.1) is 10.4 Å². The number of hydrogen-bond acceptors (Lipinski definition) is 2. The zero-order chi connectivity index (χ0) is 12.4. The van der Waals surface area contributed by atoms with Crippen LogP contribution >= 0.6 is 23.2 Å². The van der Waals surface area contributed by atoms with Gasteiger partial charge in [-0.25, -0.2) is 9.97 Å². The van der Waals surface area contributed by atoms with Gasteiger partial charge in [0.15, 0.2) is 5.65 Å². The van der Waals surface area contributed by atoms with E-state index < -0.39 is 0 Å². The first-order valence-electron chi connectivity index (χ1n) is 5.79. The molecule has 0 bridgehead atoms. The van der Waals surface area contributed by atoms with Crippen LogP contribution in [0.4, 0.5) is 0 Å². The van der Waals surface area contributed by atoms with Crippen LogP contribution in [0.5, 0.6) is 0 Å². The van der Waals surface area contributed by atoms with Gasteiger partial charge in [0.25, 0.3) is 0 Å². The standard InChI is InChI=1S/C12H15Cl2N3/c1-3-4-5-17-11(8(2)13)16-10-6-9(14)7-15-12(10)17/h6-8H,3-5H2,1-2H3. The number of rotatable bonds is 4. The van der Waals surface area contributed by atoms with Crippen molar-refractivity contribution in [1.29, 1.82) is 0 Å². The highest BCUT2D eigenvalue weighted by molar-refractivity contribution is 6.31. The first-order valence-corrected chi connectivity index (χ1v) is 6.60. The van der Waals surface area contributed by atoms with E-state index in [-0.39, 0.29) is 5.38 Å². The molecule has 92 valence electrons. The van der Waals surface area contributed by atoms with E-state index in [4.69, 9.17) is 23.2 Å². The molecule has 0 fully saturated rings. The van der Waals surface area contributed by atoms with E-state index in [1.165, 1.54) is 0 Å². The highest BCUT2D eigenvalue weighted by Gasteiger charge is 2.15. The summed E-state index contributed by atoms with van der Waals surface area (Å²) < 4.78 is 2.09. The first-order chi connectivity index (χ1) is 8.13. The monoisotopic (exact) mass is 271 g/mol. The highest BCUT2D eigenvalue weighted by Crippen LogP contribution is 2.25. The number of nitrogens with zero attached hydrogens (tertiary/aromatic N) is 3. The third-order valence-corrected chi connectivity index (χ3v) is 3.07. The fraction of sp³-hybridized carbons (Fsp3) is 0.500. The maximum absolute atomic E-state index is 6.15. The van der Waals surface area contributed by atoms with Crippen molar-refractivity contribution in [2.24, 2.45) is 0 Å². The molecule has 0 aliphatic heterocycles. The summed E-state index contributed by atoms with van der Waals surface area (Å²) in [6, 6.07) is 1.83. The Hall–Kier alpha value is -0.800. The molecule has 2 heterocycles. The lowest BCUT2D eigenvalue weighted by Crippen LogP contribution is -2.05. The molecule has 2 aromatic heterocycles. The molecule has 0 aliphatic rings. The second-order valence-electron chi connectivity index (χ2n) is 4.09. The molecule has 17 heavy (non-hydrogen) atoms. The van der Waals surface area contributed by atoms with Crippen molar-refractivity contribution < 1.29 is 0 Å². The van der Waals surface area contributed by atoms with Crippen LogP contribution in [0.25, 0.3) is 11.2 Å². The van der Waals surface area contributed by atoms with Gasteiger partial charge < -0.3 is 4.57 Å². The molecule has 1 unspecified atom stereocenters. The Morgan fingerprint density at radius 1 is 1.47 bits per heavy atom. The fourth-order valence-corrected chi connectivity index (χ4v) is 2.16. The molecule has 0 aromatic carbocycles. The highest BCUT2D eigenvalue weighted by atomic mass is 35.5. The first kappa shape index (κ1) is 12.7. The van der Waals surface area contributed by atoms with Crippen molar-refractivity contribution in [1.82, 2.24) is 14.5 Å². The van der Waals surface area contributed by atoms with Crippen LogP contribution in [0, 0.1) is 0 Å². The lowest BCUT2D eigenvalue weighted by molar-refractivity contribution is 0.612. The van der Waals surface area contributed by atoms with Crippen molar-refractivity contribution in [3.63, 3.8) is 0 Å². The number of alkyl halides is 1. The number of fused-ring (bicyclic) bond motifs is 1. The number of aromatic nitrogens is 3. The maximum atomic E-state index is 6.15. The van der Waals surface area contributed by atoms with Crippen molar-refractivity contribution in [2.75, 3.05) is 0 Å². The van der Waals surface area contributed by atoms with Crippen molar-refractivity contribution in [3.8, 4) is 0 Å². The SMILES string of the molecule is CCCCn1c(C(C)Cl)nc2cc(Cl)cnc21. The largest absolute Gasteiger partial charge is 0.311 e. The van der Waals surface area contributed by atoms with Crippen molar-refractivity contribution in [3.05, 3.63) is 23.1 Å². The number of imidazole rings is 1. The zero-order valence-electron chi connectivity index (χ0n) is 9.95. The average Bonchev–Trinajstić information content (AvgIpc) is 2.64. The van der Waals surface area contributed by atoms with Gasteiger partial charge in [-0.2, -0.15) is 0 Å². The summed E-state index contributed by atoms with van der Waals surface area (Å²) in [5, 5.41) is 0.478. The fourth-order valence-electron chi connectivity index (χ4n) is 1.84. The molecule has 3 nitrogen and oxygen atoms in total. The van der Waals surface area contributed by atoms with Crippen LogP contribution < -0.4 is 0 Å². The zero-order valence-corrected chi connectivity index (χ0v) is 11.5. The molecular formula is C12H15Cl2N3. The molecule has 0 radical (unpaired) electrons. The lowest BCUT2D eigenvalue weighted by Gasteiger charge is -2.08. The van der Waals surface area contributed by atoms with Gasteiger partial charge in [0, 0.05) is 12.7 Å². The maximum Gasteiger partial charge on any atom is 0.160 e. The van der Waals surface area contributed by atoms with E-state index in [0.29, 0.717) is 5.02 Å². The molecule has 0 aliphatic carbocycles. The number of unbranched alkanes of at least 4 members (excludes halogenated alkanes) is 1. The predicted octanol–water partition coefficient (Wildman–Crippen LogP) is 4.18. The van der Waals surface area contributed by atoms with Gasteiger partial charge >= 0.3 is 0 Å². The van der Waals surface area contributed by atoms with Gasteiger partial charge in [-0.05, 0) is 19.4 Å². The van der Waals surface area contributed by atoms with Crippen LogP contribution in [0.1, 0.15) is 37.9 Å². The normalized spacial score (nSPS) is 13.2. The Balaban J connectivity index is 2.54. The second-order valence-corrected chi connectivity index (χ2v) is 5.18. The number of pyridine rings is 1. The molecule has 0 saturated heterocycles. The van der Waals surface area contributed by atoms with Crippen LogP contribution in [-0.4, -0.2) is 14.5 Å². The van der Waals surface area contributed by atoms with E-state index >= 15 is 0 Å². The molecule has 1 atom stereocenters. The minimum atomic E-state index is -0.125. The van der Waals surface area contributed by atoms with Gasteiger partial charge in [-0.1, -0.05) is 24.9 Å². The smallest absolute Gasteiger partial charge is 0.160 e. The lowest BCUT2D eigenvalue weighted by atomic mass is 10.3. The van der Waals surface area contributed by atoms with Crippen molar-refractivity contribution in [2.45, 2.75) is 38.6 Å². The summed E-state index contributed by atoms with van der Waals surface area (Å²) in [6.45, 7) is 4.98. The average molecular weight is 272 g/mol. The van der Waals surface area contributed by atoms with E-state index in [1.54, 1.807) is 6.20 Å². The van der Waals surface area contributed by atoms with E-state index in [0.717, 1.165) is 36.4 Å².